The lowest BCUT2D eigenvalue weighted by molar-refractivity contribution is -0.145. The van der Waals surface area contributed by atoms with Crippen molar-refractivity contribution < 1.29 is 14.3 Å². The van der Waals surface area contributed by atoms with Gasteiger partial charge in [-0.15, -0.1) is 0 Å². The SMILES string of the molecule is CCOC(=O)C(CCN(C)C1CCOCC1)NC. The van der Waals surface area contributed by atoms with Crippen LogP contribution in [0.3, 0.4) is 0 Å². The van der Waals surface area contributed by atoms with Gasteiger partial charge in [-0.3, -0.25) is 4.79 Å². The number of hydrogen-bond donors (Lipinski definition) is 1. The zero-order valence-corrected chi connectivity index (χ0v) is 11.8. The molecule has 1 unspecified atom stereocenters. The van der Waals surface area contributed by atoms with E-state index in [9.17, 15) is 4.79 Å². The summed E-state index contributed by atoms with van der Waals surface area (Å²) in [6.45, 7) is 4.87. The molecular weight excluding hydrogens is 232 g/mol. The fourth-order valence-corrected chi connectivity index (χ4v) is 2.26. The van der Waals surface area contributed by atoms with E-state index < -0.39 is 0 Å². The van der Waals surface area contributed by atoms with Crippen molar-refractivity contribution in [3.63, 3.8) is 0 Å². The van der Waals surface area contributed by atoms with Gasteiger partial charge in [0, 0.05) is 25.8 Å². The van der Waals surface area contributed by atoms with Crippen LogP contribution >= 0.6 is 0 Å². The Morgan fingerprint density at radius 3 is 2.72 bits per heavy atom. The second-order valence-electron chi connectivity index (χ2n) is 4.71. The number of nitrogens with one attached hydrogen (secondary N) is 1. The van der Waals surface area contributed by atoms with Crippen molar-refractivity contribution in [3.05, 3.63) is 0 Å². The van der Waals surface area contributed by atoms with Crippen LogP contribution in [-0.2, 0) is 14.3 Å². The highest BCUT2D eigenvalue weighted by Crippen LogP contribution is 2.13. The average molecular weight is 258 g/mol. The predicted octanol–water partition coefficient (Wildman–Crippen LogP) is 0.638. The molecule has 1 fully saturated rings. The quantitative estimate of drug-likeness (QED) is 0.679. The maximum atomic E-state index is 11.6. The van der Waals surface area contributed by atoms with Crippen LogP contribution in [0.4, 0.5) is 0 Å². The monoisotopic (exact) mass is 258 g/mol. The van der Waals surface area contributed by atoms with Crippen molar-refractivity contribution in [2.75, 3.05) is 40.5 Å². The van der Waals surface area contributed by atoms with E-state index in [-0.39, 0.29) is 12.0 Å². The molecule has 1 aliphatic rings. The lowest BCUT2D eigenvalue weighted by Gasteiger charge is -2.31. The lowest BCUT2D eigenvalue weighted by atomic mass is 10.1. The topological polar surface area (TPSA) is 50.8 Å². The molecule has 0 radical (unpaired) electrons. The second-order valence-corrected chi connectivity index (χ2v) is 4.71. The van der Waals surface area contributed by atoms with Crippen LogP contribution in [0.5, 0.6) is 0 Å². The van der Waals surface area contributed by atoms with Crippen molar-refractivity contribution in [2.45, 2.75) is 38.3 Å². The first kappa shape index (κ1) is 15.4. The molecule has 1 aliphatic heterocycles. The van der Waals surface area contributed by atoms with Gasteiger partial charge in [-0.05, 0) is 40.3 Å². The minimum atomic E-state index is -0.202. The first-order valence-electron chi connectivity index (χ1n) is 6.81. The summed E-state index contributed by atoms with van der Waals surface area (Å²) < 4.78 is 10.4. The Balaban J connectivity index is 2.30. The molecule has 18 heavy (non-hydrogen) atoms. The van der Waals surface area contributed by atoms with Gasteiger partial charge in [0.15, 0.2) is 0 Å². The summed E-state index contributed by atoms with van der Waals surface area (Å²) in [5.74, 6) is -0.152. The van der Waals surface area contributed by atoms with Crippen LogP contribution in [0, 0.1) is 0 Å². The highest BCUT2D eigenvalue weighted by Gasteiger charge is 2.22. The zero-order chi connectivity index (χ0) is 13.4. The number of carbonyl (C=O) groups is 1. The molecule has 0 aromatic heterocycles. The molecule has 0 aromatic carbocycles. The van der Waals surface area contributed by atoms with Gasteiger partial charge in [-0.25, -0.2) is 0 Å². The van der Waals surface area contributed by atoms with Crippen LogP contribution < -0.4 is 5.32 Å². The van der Waals surface area contributed by atoms with E-state index >= 15 is 0 Å². The van der Waals surface area contributed by atoms with Crippen LogP contribution in [-0.4, -0.2) is 63.4 Å². The zero-order valence-electron chi connectivity index (χ0n) is 11.8. The molecule has 1 atom stereocenters. The highest BCUT2D eigenvalue weighted by molar-refractivity contribution is 5.75. The third-order valence-electron chi connectivity index (χ3n) is 3.50. The summed E-state index contributed by atoms with van der Waals surface area (Å²) >= 11 is 0. The van der Waals surface area contributed by atoms with Crippen LogP contribution in [0.1, 0.15) is 26.2 Å². The van der Waals surface area contributed by atoms with Gasteiger partial charge < -0.3 is 19.7 Å². The van der Waals surface area contributed by atoms with Crippen LogP contribution in [0.25, 0.3) is 0 Å². The predicted molar refractivity (Wildman–Crippen MR) is 70.6 cm³/mol. The summed E-state index contributed by atoms with van der Waals surface area (Å²) in [6.07, 6.45) is 2.95. The summed E-state index contributed by atoms with van der Waals surface area (Å²) in [5.41, 5.74) is 0. The molecule has 5 nitrogen and oxygen atoms in total. The Hall–Kier alpha value is -0.650. The Bertz CT molecular complexity index is 242. The molecule has 106 valence electrons. The van der Waals surface area contributed by atoms with Crippen molar-refractivity contribution in [3.8, 4) is 0 Å². The van der Waals surface area contributed by atoms with Gasteiger partial charge in [0.2, 0.25) is 0 Å². The van der Waals surface area contributed by atoms with E-state index in [4.69, 9.17) is 9.47 Å². The first-order chi connectivity index (χ1) is 8.69. The Kier molecular flexibility index (Phi) is 7.23. The minimum absolute atomic E-state index is 0.152. The number of ether oxygens (including phenoxy) is 2. The summed E-state index contributed by atoms with van der Waals surface area (Å²) in [7, 11) is 3.92. The molecule has 1 saturated heterocycles. The van der Waals surface area contributed by atoms with Gasteiger partial charge in [0.25, 0.3) is 0 Å². The van der Waals surface area contributed by atoms with Crippen molar-refractivity contribution >= 4 is 5.97 Å². The molecule has 1 heterocycles. The largest absolute Gasteiger partial charge is 0.465 e. The summed E-state index contributed by atoms with van der Waals surface area (Å²) in [6, 6.07) is 0.380. The van der Waals surface area contributed by atoms with E-state index in [1.165, 1.54) is 0 Å². The smallest absolute Gasteiger partial charge is 0.323 e. The van der Waals surface area contributed by atoms with Gasteiger partial charge in [0.05, 0.1) is 6.61 Å². The van der Waals surface area contributed by atoms with Gasteiger partial charge >= 0.3 is 5.97 Å². The first-order valence-corrected chi connectivity index (χ1v) is 6.81. The summed E-state index contributed by atoms with van der Waals surface area (Å²) in [5, 5.41) is 3.02. The van der Waals surface area contributed by atoms with Gasteiger partial charge in [-0.2, -0.15) is 0 Å². The Labute approximate surface area is 110 Å². The molecule has 1 N–H and O–H groups in total. The number of nitrogens with zero attached hydrogens (tertiary/aromatic N) is 1. The molecule has 1 rings (SSSR count). The molecular formula is C13H26N2O3. The standard InChI is InChI=1S/C13H26N2O3/c1-4-18-13(16)12(14-2)5-8-15(3)11-6-9-17-10-7-11/h11-12,14H,4-10H2,1-3H3. The maximum Gasteiger partial charge on any atom is 0.323 e. The Morgan fingerprint density at radius 2 is 2.17 bits per heavy atom. The second kappa shape index (κ2) is 8.45. The number of carbonyl (C=O) groups excluding carboxylic acids is 1. The number of hydrogen-bond acceptors (Lipinski definition) is 5. The molecule has 0 amide bonds. The highest BCUT2D eigenvalue weighted by atomic mass is 16.5. The lowest BCUT2D eigenvalue weighted by Crippen LogP contribution is -2.42. The van der Waals surface area contributed by atoms with Gasteiger partial charge in [0.1, 0.15) is 6.04 Å². The fraction of sp³-hybridized carbons (Fsp3) is 0.923. The number of likely N-dealkylation sites (N-methyl/N-ethyl adjacent to an activating group) is 1. The minimum Gasteiger partial charge on any atom is -0.465 e. The maximum absolute atomic E-state index is 11.6. The van der Waals surface area contributed by atoms with Crippen molar-refractivity contribution in [1.29, 1.82) is 0 Å². The molecule has 0 aliphatic carbocycles. The Morgan fingerprint density at radius 1 is 1.50 bits per heavy atom. The molecule has 0 spiro atoms. The third kappa shape index (κ3) is 4.92. The normalized spacial score (nSPS) is 18.9. The molecule has 5 heteroatoms. The van der Waals surface area contributed by atoms with E-state index in [0.29, 0.717) is 12.6 Å². The summed E-state index contributed by atoms with van der Waals surface area (Å²) in [4.78, 5) is 14.0. The average Bonchev–Trinajstić information content (AvgIpc) is 2.40. The molecule has 0 aromatic rings. The number of esters is 1. The van der Waals surface area contributed by atoms with Crippen LogP contribution in [0.2, 0.25) is 0 Å². The van der Waals surface area contributed by atoms with E-state index in [2.05, 4.69) is 17.3 Å². The van der Waals surface area contributed by atoms with Crippen molar-refractivity contribution in [1.82, 2.24) is 10.2 Å². The van der Waals surface area contributed by atoms with Gasteiger partial charge in [-0.1, -0.05) is 0 Å². The fourth-order valence-electron chi connectivity index (χ4n) is 2.26. The van der Waals surface area contributed by atoms with Crippen LogP contribution in [0.15, 0.2) is 0 Å². The molecule has 0 bridgehead atoms. The van der Waals surface area contributed by atoms with E-state index in [0.717, 1.165) is 39.0 Å². The van der Waals surface area contributed by atoms with E-state index in [1.807, 2.05) is 6.92 Å². The van der Waals surface area contributed by atoms with Crippen molar-refractivity contribution in [2.24, 2.45) is 0 Å². The van der Waals surface area contributed by atoms with E-state index in [1.54, 1.807) is 7.05 Å². The molecule has 0 saturated carbocycles. The number of rotatable bonds is 7. The third-order valence-corrected chi connectivity index (χ3v) is 3.50.